The zero-order valence-electron chi connectivity index (χ0n) is 16.0. The molecule has 0 N–H and O–H groups in total. The number of alkyl halides is 3. The average Bonchev–Trinajstić information content (AvgIpc) is 2.54. The van der Waals surface area contributed by atoms with Gasteiger partial charge in [0.15, 0.2) is 0 Å². The molecule has 0 atom stereocenters. The van der Waals surface area contributed by atoms with Gasteiger partial charge in [0.2, 0.25) is 0 Å². The van der Waals surface area contributed by atoms with Crippen molar-refractivity contribution in [1.29, 1.82) is 0 Å². The van der Waals surface area contributed by atoms with E-state index in [2.05, 4.69) is 4.18 Å². The van der Waals surface area contributed by atoms with E-state index in [1.807, 2.05) is 0 Å². The SMILES string of the molecule is O=C(c1ccc(OS(=O)(=O)C(F)(F)F)cc1)N1CCOCC1.[K+].[K+].[K+].[O-]B([O-])[O-]. The fourth-order valence-electron chi connectivity index (χ4n) is 1.78. The first-order chi connectivity index (χ1) is 11.9. The van der Waals surface area contributed by atoms with Gasteiger partial charge in [-0.1, -0.05) is 0 Å². The Bertz CT molecular complexity index is 701. The Morgan fingerprint density at radius 1 is 1.03 bits per heavy atom. The summed E-state index contributed by atoms with van der Waals surface area (Å²) in [6.45, 7) is 1.66. The Balaban J connectivity index is -0.000000885. The van der Waals surface area contributed by atoms with E-state index in [-0.39, 0.29) is 166 Å². The monoisotopic (exact) mass is 515 g/mol. The van der Waals surface area contributed by atoms with Crippen LogP contribution in [0.5, 0.6) is 5.75 Å². The number of morpholine rings is 1. The number of hydrogen-bond acceptors (Lipinski definition) is 8. The normalized spacial score (nSPS) is 13.4. The summed E-state index contributed by atoms with van der Waals surface area (Å²) in [5.41, 5.74) is -5.28. The number of carbonyl (C=O) groups is 1. The van der Waals surface area contributed by atoms with Crippen LogP contribution in [0.2, 0.25) is 0 Å². The Morgan fingerprint density at radius 2 is 1.45 bits per heavy atom. The molecule has 1 aliphatic heterocycles. The predicted molar refractivity (Wildman–Crippen MR) is 74.5 cm³/mol. The van der Waals surface area contributed by atoms with E-state index >= 15 is 0 Å². The third-order valence-corrected chi connectivity index (χ3v) is 3.87. The summed E-state index contributed by atoms with van der Waals surface area (Å²) < 4.78 is 67.3. The van der Waals surface area contributed by atoms with E-state index in [0.717, 1.165) is 12.1 Å². The van der Waals surface area contributed by atoms with E-state index < -0.39 is 28.7 Å². The van der Waals surface area contributed by atoms with Gasteiger partial charge >= 0.3 is 170 Å². The van der Waals surface area contributed by atoms with Crippen LogP contribution >= 0.6 is 0 Å². The van der Waals surface area contributed by atoms with Gasteiger partial charge in [-0.15, -0.1) is 0 Å². The van der Waals surface area contributed by atoms with Crippen LogP contribution in [0.25, 0.3) is 0 Å². The fourth-order valence-corrected chi connectivity index (χ4v) is 2.23. The third kappa shape index (κ3) is 14.1. The fraction of sp³-hybridized carbons (Fsp3) is 0.417. The summed E-state index contributed by atoms with van der Waals surface area (Å²) in [4.78, 5) is 13.6. The van der Waals surface area contributed by atoms with E-state index in [1.54, 1.807) is 0 Å². The summed E-state index contributed by atoms with van der Waals surface area (Å²) in [6.07, 6.45) is 0. The number of rotatable bonds is 3. The molecule has 9 nitrogen and oxygen atoms in total. The topological polar surface area (TPSA) is 142 Å². The molecule has 1 amide bonds. The minimum atomic E-state index is -5.72. The zero-order chi connectivity index (χ0) is 20.0. The average molecular weight is 515 g/mol. The van der Waals surface area contributed by atoms with Crippen molar-refractivity contribution in [2.45, 2.75) is 5.51 Å². The van der Waals surface area contributed by atoms with Crippen molar-refractivity contribution in [3.05, 3.63) is 29.8 Å². The largest absolute Gasteiger partial charge is 1.00 e. The van der Waals surface area contributed by atoms with Gasteiger partial charge < -0.3 is 28.9 Å². The van der Waals surface area contributed by atoms with Crippen molar-refractivity contribution in [3.8, 4) is 5.75 Å². The molecule has 0 saturated carbocycles. The van der Waals surface area contributed by atoms with Gasteiger partial charge in [0, 0.05) is 18.7 Å². The first-order valence-corrected chi connectivity index (χ1v) is 8.30. The molecule has 0 bridgehead atoms. The molecule has 0 unspecified atom stereocenters. The Kier molecular flexibility index (Phi) is 22.1. The standard InChI is InChI=1S/C12H12F3NO5S.BO3.3K/c13-12(14,15)22(18,19)21-10-3-1-9(2-4-10)11(17)16-5-7-20-8-6-16;2-1(3)4;;;/h1-4H,5-8H2;;;;/q;-3;3*+1. The van der Waals surface area contributed by atoms with Gasteiger partial charge in [-0.3, -0.25) is 12.1 Å². The third-order valence-electron chi connectivity index (χ3n) is 2.89. The molecule has 29 heavy (non-hydrogen) atoms. The summed E-state index contributed by atoms with van der Waals surface area (Å²) in [6, 6.07) is 4.41. The molecular weight excluding hydrogens is 503 g/mol. The molecule has 1 saturated heterocycles. The Morgan fingerprint density at radius 3 is 1.83 bits per heavy atom. The van der Waals surface area contributed by atoms with E-state index in [1.165, 1.54) is 17.0 Å². The molecule has 0 radical (unpaired) electrons. The van der Waals surface area contributed by atoms with Crippen LogP contribution in [0.3, 0.4) is 0 Å². The summed E-state index contributed by atoms with van der Waals surface area (Å²) in [5, 5.41) is 25.2. The van der Waals surface area contributed by atoms with Gasteiger partial charge in [0.25, 0.3) is 5.91 Å². The van der Waals surface area contributed by atoms with Gasteiger partial charge in [-0.2, -0.15) is 21.6 Å². The second-order valence-electron chi connectivity index (χ2n) is 4.70. The molecule has 146 valence electrons. The maximum atomic E-state index is 12.2. The van der Waals surface area contributed by atoms with E-state index in [4.69, 9.17) is 19.8 Å². The van der Waals surface area contributed by atoms with Crippen molar-refractivity contribution in [2.75, 3.05) is 26.3 Å². The number of nitrogens with zero attached hydrogens (tertiary/aromatic N) is 1. The number of ether oxygens (including phenoxy) is 1. The van der Waals surface area contributed by atoms with E-state index in [0.29, 0.717) is 26.3 Å². The summed E-state index contributed by atoms with van der Waals surface area (Å²) in [5.74, 6) is -0.829. The molecule has 0 aromatic heterocycles. The van der Waals surface area contributed by atoms with Crippen molar-refractivity contribution in [1.82, 2.24) is 4.90 Å². The number of hydrogen-bond donors (Lipinski definition) is 0. The first-order valence-electron chi connectivity index (χ1n) is 6.89. The van der Waals surface area contributed by atoms with Gasteiger partial charge in [-0.05, 0) is 24.3 Å². The number of amides is 1. The molecule has 1 fully saturated rings. The molecule has 1 aromatic carbocycles. The van der Waals surface area contributed by atoms with Crippen LogP contribution < -0.4 is 173 Å². The molecule has 1 heterocycles. The molecule has 1 aromatic rings. The van der Waals surface area contributed by atoms with Crippen LogP contribution in [-0.2, 0) is 14.9 Å². The van der Waals surface area contributed by atoms with Gasteiger partial charge in [-0.25, -0.2) is 0 Å². The molecular formula is C12H12BF3K3NO8S. The number of halogens is 3. The minimum absolute atomic E-state index is 0. The molecule has 2 rings (SSSR count). The summed E-state index contributed by atoms with van der Waals surface area (Å²) in [7, 11) is -8.63. The Labute approximate surface area is 293 Å². The molecule has 17 heteroatoms. The maximum Gasteiger partial charge on any atom is 1.00 e. The van der Waals surface area contributed by atoms with Crippen LogP contribution in [0.15, 0.2) is 24.3 Å². The van der Waals surface area contributed by atoms with Crippen LogP contribution in [-0.4, -0.2) is 58.4 Å². The maximum absolute atomic E-state index is 12.2. The molecule has 0 spiro atoms. The van der Waals surface area contributed by atoms with Crippen molar-refractivity contribution >= 4 is 23.3 Å². The van der Waals surface area contributed by atoms with Crippen molar-refractivity contribution in [3.63, 3.8) is 0 Å². The van der Waals surface area contributed by atoms with E-state index in [9.17, 15) is 26.4 Å². The minimum Gasteiger partial charge on any atom is -0.907 e. The second kappa shape index (κ2) is 17.5. The van der Waals surface area contributed by atoms with Crippen LogP contribution in [0.1, 0.15) is 10.4 Å². The second-order valence-corrected chi connectivity index (χ2v) is 6.24. The Hall–Kier alpha value is 3.04. The zero-order valence-corrected chi connectivity index (χ0v) is 26.2. The van der Waals surface area contributed by atoms with Gasteiger partial charge in [0.1, 0.15) is 5.75 Å². The molecule has 1 aliphatic rings. The first kappa shape index (κ1) is 36.6. The van der Waals surface area contributed by atoms with Crippen LogP contribution in [0.4, 0.5) is 13.2 Å². The van der Waals surface area contributed by atoms with Gasteiger partial charge in [0.05, 0.1) is 13.2 Å². The van der Waals surface area contributed by atoms with Crippen molar-refractivity contribution in [2.24, 2.45) is 0 Å². The quantitative estimate of drug-likeness (QED) is 0.220. The van der Waals surface area contributed by atoms with Crippen LogP contribution in [0, 0.1) is 0 Å². The predicted octanol–water partition coefficient (Wildman–Crippen LogP) is -11.5. The number of carbonyl (C=O) groups excluding carboxylic acids is 1. The van der Waals surface area contributed by atoms with Crippen molar-refractivity contribution < 1.29 is 205 Å². The smallest absolute Gasteiger partial charge is 0.907 e. The summed E-state index contributed by atoms with van der Waals surface area (Å²) >= 11 is 0. The molecule has 0 aliphatic carbocycles. The number of benzene rings is 1.